The van der Waals surface area contributed by atoms with E-state index < -0.39 is 0 Å². The van der Waals surface area contributed by atoms with Gasteiger partial charge in [-0.25, -0.2) is 4.68 Å². The number of aryl methyl sites for hydroxylation is 2. The molecule has 0 bridgehead atoms. The zero-order valence-corrected chi connectivity index (χ0v) is 17.3. The van der Waals surface area contributed by atoms with Crippen LogP contribution < -0.4 is 5.43 Å². The largest absolute Gasteiger partial charge is 0.288 e. The summed E-state index contributed by atoms with van der Waals surface area (Å²) in [5.74, 6) is 0. The summed E-state index contributed by atoms with van der Waals surface area (Å²) in [6.45, 7) is 4.19. The van der Waals surface area contributed by atoms with Crippen LogP contribution in [0.1, 0.15) is 22.4 Å². The lowest BCUT2D eigenvalue weighted by Gasteiger charge is -2.02. The Kier molecular flexibility index (Phi) is 4.97. The Balaban J connectivity index is 1.91. The van der Waals surface area contributed by atoms with Crippen molar-refractivity contribution < 1.29 is 0 Å². The van der Waals surface area contributed by atoms with Crippen molar-refractivity contribution in [3.8, 4) is 5.69 Å². The number of halogens is 1. The lowest BCUT2D eigenvalue weighted by atomic mass is 10.0. The number of hydrogen-bond donors (Lipinski definition) is 0. The first-order valence-electron chi connectivity index (χ1n) is 9.06. The highest BCUT2D eigenvalue weighted by Crippen LogP contribution is 2.23. The highest BCUT2D eigenvalue weighted by Gasteiger charge is 2.12. The van der Waals surface area contributed by atoms with E-state index in [1.165, 1.54) is 11.1 Å². The lowest BCUT2D eigenvalue weighted by molar-refractivity contribution is 0.902. The average Bonchev–Trinajstić information content (AvgIpc) is 2.92. The first-order chi connectivity index (χ1) is 13.5. The summed E-state index contributed by atoms with van der Waals surface area (Å²) in [6.07, 6.45) is 4.04. The van der Waals surface area contributed by atoms with Crippen LogP contribution in [0.4, 0.5) is 0 Å². The second kappa shape index (κ2) is 7.56. The molecular formula is C24H19BrN2O. The van der Waals surface area contributed by atoms with Crippen molar-refractivity contribution in [1.29, 1.82) is 0 Å². The van der Waals surface area contributed by atoms with E-state index in [2.05, 4.69) is 54.1 Å². The molecule has 0 N–H and O–H groups in total. The van der Waals surface area contributed by atoms with E-state index in [1.54, 1.807) is 16.8 Å². The number of benzene rings is 2. The molecule has 4 heteroatoms. The van der Waals surface area contributed by atoms with Gasteiger partial charge in [-0.2, -0.15) is 5.10 Å². The van der Waals surface area contributed by atoms with Gasteiger partial charge in [0.25, 0.3) is 0 Å². The predicted octanol–water partition coefficient (Wildman–Crippen LogP) is 5.94. The topological polar surface area (TPSA) is 34.9 Å². The Hall–Kier alpha value is -2.98. The van der Waals surface area contributed by atoms with Crippen LogP contribution in [-0.2, 0) is 0 Å². The maximum absolute atomic E-state index is 12.7. The zero-order valence-electron chi connectivity index (χ0n) is 15.7. The van der Waals surface area contributed by atoms with Crippen LogP contribution in [-0.4, -0.2) is 9.78 Å². The molecule has 0 spiro atoms. The number of aromatic nitrogens is 2. The second-order valence-corrected chi connectivity index (χ2v) is 7.73. The third-order valence-electron chi connectivity index (χ3n) is 4.72. The molecule has 0 aliphatic rings. The predicted molar refractivity (Wildman–Crippen MR) is 120 cm³/mol. The molecule has 0 atom stereocenters. The summed E-state index contributed by atoms with van der Waals surface area (Å²) in [5.41, 5.74) is 5.73. The Labute approximate surface area is 172 Å². The summed E-state index contributed by atoms with van der Waals surface area (Å²) in [5, 5.41) is 5.59. The molecule has 0 saturated heterocycles. The van der Waals surface area contributed by atoms with Crippen LogP contribution in [0.15, 0.2) is 76.0 Å². The molecule has 0 aliphatic heterocycles. The van der Waals surface area contributed by atoms with E-state index >= 15 is 0 Å². The first-order valence-corrected chi connectivity index (χ1v) is 9.85. The maximum Gasteiger partial charge on any atom is 0.204 e. The molecule has 0 fully saturated rings. The van der Waals surface area contributed by atoms with Crippen molar-refractivity contribution in [1.82, 2.24) is 9.78 Å². The van der Waals surface area contributed by atoms with E-state index in [4.69, 9.17) is 5.10 Å². The third kappa shape index (κ3) is 3.56. The van der Waals surface area contributed by atoms with Crippen molar-refractivity contribution >= 4 is 39.0 Å². The lowest BCUT2D eigenvalue weighted by Crippen LogP contribution is -2.04. The molecule has 3 aromatic carbocycles. The molecule has 1 aromatic heterocycles. The standard InChI is InChI=1S/C24H19BrN2O/c1-16-7-8-18(17(2)15-16)9-14-22-21-5-3-4-6-23(28)24(21)27(26-22)20-12-10-19(25)11-13-20/h3-15H,1-2H3. The Morgan fingerprint density at radius 2 is 1.68 bits per heavy atom. The van der Waals surface area contributed by atoms with Crippen molar-refractivity contribution in [3.63, 3.8) is 0 Å². The SMILES string of the molecule is Cc1ccc(C=Cc2nn(-c3ccc(Br)cc3)c3c(=O)ccccc23)c(C)c1. The Morgan fingerprint density at radius 3 is 2.43 bits per heavy atom. The summed E-state index contributed by atoms with van der Waals surface area (Å²) in [7, 11) is 0. The molecule has 1 heterocycles. The van der Waals surface area contributed by atoms with E-state index in [0.717, 1.165) is 26.8 Å². The van der Waals surface area contributed by atoms with Gasteiger partial charge in [-0.05, 0) is 61.4 Å². The van der Waals surface area contributed by atoms with Crippen molar-refractivity contribution in [2.75, 3.05) is 0 Å². The summed E-state index contributed by atoms with van der Waals surface area (Å²) < 4.78 is 2.71. The number of fused-ring (bicyclic) bond motifs is 1. The fourth-order valence-electron chi connectivity index (χ4n) is 3.30. The summed E-state index contributed by atoms with van der Waals surface area (Å²) >= 11 is 3.45. The molecule has 28 heavy (non-hydrogen) atoms. The Morgan fingerprint density at radius 1 is 0.929 bits per heavy atom. The number of rotatable bonds is 3. The fraction of sp³-hybridized carbons (Fsp3) is 0.0833. The van der Waals surface area contributed by atoms with Crippen molar-refractivity contribution in [2.24, 2.45) is 0 Å². The van der Waals surface area contributed by atoms with Crippen molar-refractivity contribution in [3.05, 3.63) is 104 Å². The van der Waals surface area contributed by atoms with E-state index in [0.29, 0.717) is 5.52 Å². The Bertz CT molecular complexity index is 1250. The molecule has 0 aliphatic carbocycles. The minimum absolute atomic E-state index is 0.0541. The van der Waals surface area contributed by atoms with Crippen LogP contribution >= 0.6 is 15.9 Å². The van der Waals surface area contributed by atoms with Gasteiger partial charge in [0.2, 0.25) is 5.43 Å². The van der Waals surface area contributed by atoms with Gasteiger partial charge in [0.1, 0.15) is 5.52 Å². The van der Waals surface area contributed by atoms with Crippen LogP contribution in [0.25, 0.3) is 28.7 Å². The number of hydrogen-bond acceptors (Lipinski definition) is 2. The minimum atomic E-state index is -0.0541. The van der Waals surface area contributed by atoms with Crippen LogP contribution in [0.2, 0.25) is 0 Å². The molecular weight excluding hydrogens is 412 g/mol. The van der Waals surface area contributed by atoms with Gasteiger partial charge < -0.3 is 0 Å². The van der Waals surface area contributed by atoms with Crippen molar-refractivity contribution in [2.45, 2.75) is 13.8 Å². The zero-order chi connectivity index (χ0) is 19.7. The van der Waals surface area contributed by atoms with Gasteiger partial charge in [-0.3, -0.25) is 4.79 Å². The molecule has 4 aromatic rings. The van der Waals surface area contributed by atoms with Crippen LogP contribution in [0, 0.1) is 13.8 Å². The molecule has 0 saturated carbocycles. The normalized spacial score (nSPS) is 11.4. The molecule has 138 valence electrons. The van der Waals surface area contributed by atoms with Gasteiger partial charge in [0, 0.05) is 9.86 Å². The van der Waals surface area contributed by atoms with Gasteiger partial charge >= 0.3 is 0 Å². The van der Waals surface area contributed by atoms with Gasteiger partial charge in [0.15, 0.2) is 0 Å². The minimum Gasteiger partial charge on any atom is -0.288 e. The molecule has 0 radical (unpaired) electrons. The van der Waals surface area contributed by atoms with Crippen LogP contribution in [0.5, 0.6) is 0 Å². The third-order valence-corrected chi connectivity index (χ3v) is 5.25. The molecule has 4 rings (SSSR count). The van der Waals surface area contributed by atoms with Gasteiger partial charge in [0.05, 0.1) is 11.4 Å². The van der Waals surface area contributed by atoms with Gasteiger partial charge in [-0.1, -0.05) is 64.0 Å². The second-order valence-electron chi connectivity index (χ2n) is 6.81. The fourth-order valence-corrected chi connectivity index (χ4v) is 3.56. The quantitative estimate of drug-likeness (QED) is 0.403. The summed E-state index contributed by atoms with van der Waals surface area (Å²) in [6, 6.07) is 21.3. The molecule has 3 nitrogen and oxygen atoms in total. The van der Waals surface area contributed by atoms with Crippen LogP contribution in [0.3, 0.4) is 0 Å². The van der Waals surface area contributed by atoms with E-state index in [-0.39, 0.29) is 5.43 Å². The van der Waals surface area contributed by atoms with E-state index in [9.17, 15) is 4.79 Å². The average molecular weight is 431 g/mol. The van der Waals surface area contributed by atoms with Gasteiger partial charge in [-0.15, -0.1) is 0 Å². The first kappa shape index (κ1) is 18.4. The van der Waals surface area contributed by atoms with E-state index in [1.807, 2.05) is 42.5 Å². The monoisotopic (exact) mass is 430 g/mol. The number of nitrogens with zero attached hydrogens (tertiary/aromatic N) is 2. The maximum atomic E-state index is 12.7. The summed E-state index contributed by atoms with van der Waals surface area (Å²) in [4.78, 5) is 12.7. The highest BCUT2D eigenvalue weighted by molar-refractivity contribution is 9.10. The highest BCUT2D eigenvalue weighted by atomic mass is 79.9. The smallest absolute Gasteiger partial charge is 0.204 e. The molecule has 0 amide bonds. The molecule has 0 unspecified atom stereocenters.